The van der Waals surface area contributed by atoms with Crippen LogP contribution in [0.1, 0.15) is 45.4 Å². The molecule has 100 valence electrons. The number of nitrogens with one attached hydrogen (secondary N) is 2. The lowest BCUT2D eigenvalue weighted by Crippen LogP contribution is -2.42. The van der Waals surface area contributed by atoms with Crippen molar-refractivity contribution < 1.29 is 13.2 Å². The highest BCUT2D eigenvalue weighted by Gasteiger charge is 2.15. The van der Waals surface area contributed by atoms with Gasteiger partial charge in [0.25, 0.3) is 0 Å². The van der Waals surface area contributed by atoms with E-state index in [0.717, 1.165) is 25.7 Å². The van der Waals surface area contributed by atoms with Crippen molar-refractivity contribution in [2.24, 2.45) is 0 Å². The van der Waals surface area contributed by atoms with Crippen LogP contribution in [0, 0.1) is 0 Å². The maximum atomic E-state index is 11.5. The van der Waals surface area contributed by atoms with Crippen molar-refractivity contribution in [1.29, 1.82) is 0 Å². The van der Waals surface area contributed by atoms with Crippen molar-refractivity contribution in [3.8, 4) is 0 Å². The average molecular weight is 262 g/mol. The summed E-state index contributed by atoms with van der Waals surface area (Å²) < 4.78 is 24.6. The van der Waals surface area contributed by atoms with Gasteiger partial charge in [0.1, 0.15) is 0 Å². The molecule has 0 radical (unpaired) electrons. The summed E-state index contributed by atoms with van der Waals surface area (Å²) in [4.78, 5) is 11.5. The molecule has 0 spiro atoms. The lowest BCUT2D eigenvalue weighted by molar-refractivity contribution is -0.120. The Bertz CT molecular complexity index is 333. The van der Waals surface area contributed by atoms with Crippen LogP contribution in [0.15, 0.2) is 0 Å². The van der Waals surface area contributed by atoms with E-state index in [4.69, 9.17) is 0 Å². The van der Waals surface area contributed by atoms with Crippen LogP contribution in [0.3, 0.4) is 0 Å². The third kappa shape index (κ3) is 6.02. The molecule has 1 fully saturated rings. The maximum absolute atomic E-state index is 11.5. The minimum atomic E-state index is -3.27. The van der Waals surface area contributed by atoms with Crippen molar-refractivity contribution >= 4 is 15.9 Å². The van der Waals surface area contributed by atoms with Crippen molar-refractivity contribution in [3.63, 3.8) is 0 Å². The SMILES string of the molecule is CCS(=O)(=O)NCC(=O)NC1CCCCCC1. The summed E-state index contributed by atoms with van der Waals surface area (Å²) in [6.07, 6.45) is 6.76. The summed E-state index contributed by atoms with van der Waals surface area (Å²) in [5.74, 6) is -0.224. The fraction of sp³-hybridized carbons (Fsp3) is 0.909. The van der Waals surface area contributed by atoms with Gasteiger partial charge in [-0.2, -0.15) is 0 Å². The summed E-state index contributed by atoms with van der Waals surface area (Å²) in [5.41, 5.74) is 0. The number of sulfonamides is 1. The Labute approximate surface area is 103 Å². The van der Waals surface area contributed by atoms with E-state index in [1.807, 2.05) is 0 Å². The number of hydrogen-bond donors (Lipinski definition) is 2. The van der Waals surface area contributed by atoms with Gasteiger partial charge >= 0.3 is 0 Å². The first-order valence-electron chi connectivity index (χ1n) is 6.30. The Balaban J connectivity index is 2.28. The van der Waals surface area contributed by atoms with E-state index in [1.54, 1.807) is 6.92 Å². The molecule has 1 aliphatic carbocycles. The molecule has 0 bridgehead atoms. The van der Waals surface area contributed by atoms with Crippen molar-refractivity contribution in [3.05, 3.63) is 0 Å². The third-order valence-corrected chi connectivity index (χ3v) is 4.40. The highest BCUT2D eigenvalue weighted by Crippen LogP contribution is 2.16. The Kier molecular flexibility index (Phi) is 5.91. The number of carbonyl (C=O) groups is 1. The highest BCUT2D eigenvalue weighted by atomic mass is 32.2. The molecule has 0 aromatic rings. The lowest BCUT2D eigenvalue weighted by Gasteiger charge is -2.16. The van der Waals surface area contributed by atoms with Gasteiger partial charge in [0.05, 0.1) is 12.3 Å². The van der Waals surface area contributed by atoms with E-state index in [2.05, 4.69) is 10.0 Å². The third-order valence-electron chi connectivity index (χ3n) is 3.05. The smallest absolute Gasteiger partial charge is 0.235 e. The molecule has 0 aromatic carbocycles. The topological polar surface area (TPSA) is 75.3 Å². The summed E-state index contributed by atoms with van der Waals surface area (Å²) in [7, 11) is -3.27. The summed E-state index contributed by atoms with van der Waals surface area (Å²) in [6.45, 7) is 1.40. The maximum Gasteiger partial charge on any atom is 0.235 e. The van der Waals surface area contributed by atoms with E-state index in [9.17, 15) is 13.2 Å². The molecule has 6 heteroatoms. The van der Waals surface area contributed by atoms with Crippen molar-refractivity contribution in [2.75, 3.05) is 12.3 Å². The molecule has 1 saturated carbocycles. The fourth-order valence-electron chi connectivity index (χ4n) is 1.98. The molecule has 0 aromatic heterocycles. The molecule has 0 heterocycles. The van der Waals surface area contributed by atoms with Crippen LogP contribution in [0.5, 0.6) is 0 Å². The minimum absolute atomic E-state index is 0.00368. The molecule has 1 rings (SSSR count). The predicted molar refractivity (Wildman–Crippen MR) is 67.1 cm³/mol. The number of rotatable bonds is 5. The molecule has 2 N–H and O–H groups in total. The summed E-state index contributed by atoms with van der Waals surface area (Å²) in [5, 5.41) is 2.89. The standard InChI is InChI=1S/C11H22N2O3S/c1-2-17(15,16)12-9-11(14)13-10-7-5-3-4-6-8-10/h10,12H,2-9H2,1H3,(H,13,14). The minimum Gasteiger partial charge on any atom is -0.352 e. The number of amides is 1. The van der Waals surface area contributed by atoms with Crippen LogP contribution >= 0.6 is 0 Å². The second-order valence-electron chi connectivity index (χ2n) is 4.48. The normalized spacial score (nSPS) is 18.6. The van der Waals surface area contributed by atoms with E-state index >= 15 is 0 Å². The Morgan fingerprint density at radius 3 is 2.29 bits per heavy atom. The number of carbonyl (C=O) groups excluding carboxylic acids is 1. The molecule has 0 unspecified atom stereocenters. The van der Waals surface area contributed by atoms with Crippen LogP contribution in [0.2, 0.25) is 0 Å². The second-order valence-corrected chi connectivity index (χ2v) is 6.58. The highest BCUT2D eigenvalue weighted by molar-refractivity contribution is 7.89. The first-order valence-corrected chi connectivity index (χ1v) is 7.95. The predicted octanol–water partition coefficient (Wildman–Crippen LogP) is 0.765. The molecule has 17 heavy (non-hydrogen) atoms. The largest absolute Gasteiger partial charge is 0.352 e. The Hall–Kier alpha value is -0.620. The lowest BCUT2D eigenvalue weighted by atomic mass is 10.1. The Morgan fingerprint density at radius 2 is 1.76 bits per heavy atom. The van der Waals surface area contributed by atoms with Gasteiger partial charge < -0.3 is 5.32 Å². The van der Waals surface area contributed by atoms with E-state index in [1.165, 1.54) is 12.8 Å². The van der Waals surface area contributed by atoms with Crippen molar-refractivity contribution in [1.82, 2.24) is 10.0 Å². The first kappa shape index (κ1) is 14.4. The average Bonchev–Trinajstić information content (AvgIpc) is 2.55. The van der Waals surface area contributed by atoms with E-state index in [0.29, 0.717) is 0 Å². The van der Waals surface area contributed by atoms with Gasteiger partial charge in [-0.3, -0.25) is 4.79 Å². The van der Waals surface area contributed by atoms with Crippen LogP contribution in [0.4, 0.5) is 0 Å². The molecular weight excluding hydrogens is 240 g/mol. The molecular formula is C11H22N2O3S. The molecule has 5 nitrogen and oxygen atoms in total. The fourth-order valence-corrected chi connectivity index (χ4v) is 2.54. The van der Waals surface area contributed by atoms with Gasteiger partial charge in [0, 0.05) is 6.04 Å². The molecule has 1 aliphatic rings. The quantitative estimate of drug-likeness (QED) is 0.718. The van der Waals surface area contributed by atoms with Crippen LogP contribution < -0.4 is 10.0 Å². The van der Waals surface area contributed by atoms with Gasteiger partial charge in [-0.15, -0.1) is 0 Å². The van der Waals surface area contributed by atoms with E-state index < -0.39 is 10.0 Å². The van der Waals surface area contributed by atoms with Crippen LogP contribution in [-0.4, -0.2) is 32.7 Å². The second kappa shape index (κ2) is 6.96. The molecule has 0 saturated heterocycles. The van der Waals surface area contributed by atoms with Gasteiger partial charge in [-0.25, -0.2) is 13.1 Å². The van der Waals surface area contributed by atoms with E-state index in [-0.39, 0.29) is 24.2 Å². The Morgan fingerprint density at radius 1 is 1.18 bits per heavy atom. The first-order chi connectivity index (χ1) is 8.03. The van der Waals surface area contributed by atoms with Crippen molar-refractivity contribution in [2.45, 2.75) is 51.5 Å². The van der Waals surface area contributed by atoms with Gasteiger partial charge in [-0.05, 0) is 19.8 Å². The molecule has 0 aliphatic heterocycles. The zero-order valence-corrected chi connectivity index (χ0v) is 11.2. The van der Waals surface area contributed by atoms with Gasteiger partial charge in [-0.1, -0.05) is 25.7 Å². The van der Waals surface area contributed by atoms with Gasteiger partial charge in [0.2, 0.25) is 15.9 Å². The van der Waals surface area contributed by atoms with Gasteiger partial charge in [0.15, 0.2) is 0 Å². The van der Waals surface area contributed by atoms with Crippen LogP contribution in [0.25, 0.3) is 0 Å². The molecule has 1 amide bonds. The van der Waals surface area contributed by atoms with Crippen LogP contribution in [-0.2, 0) is 14.8 Å². The number of hydrogen-bond acceptors (Lipinski definition) is 3. The summed E-state index contributed by atoms with van der Waals surface area (Å²) >= 11 is 0. The summed E-state index contributed by atoms with van der Waals surface area (Å²) in [6, 6.07) is 0.219. The monoisotopic (exact) mass is 262 g/mol. The zero-order valence-electron chi connectivity index (χ0n) is 10.4. The zero-order chi connectivity index (χ0) is 12.7. The molecule has 0 atom stereocenters.